The molecule has 5 nitrogen and oxygen atoms in total. The highest BCUT2D eigenvalue weighted by molar-refractivity contribution is 6.31. The van der Waals surface area contributed by atoms with Gasteiger partial charge in [-0.2, -0.15) is 0 Å². The molecule has 2 aromatic rings. The van der Waals surface area contributed by atoms with Gasteiger partial charge in [0, 0.05) is 11.1 Å². The molecular formula is C14H9ClFNO4. The standard InChI is InChI=1S/C14H9ClFNO4/c15-7-1-4-11(10(5-7)14(20)21)17-13(19)9-3-2-8(16)6-12(9)18/h1-6,18H,(H,17,19)(H,20,21). The van der Waals surface area contributed by atoms with Crippen LogP contribution in [0.15, 0.2) is 36.4 Å². The summed E-state index contributed by atoms with van der Waals surface area (Å²) in [5.41, 5.74) is -0.360. The second kappa shape index (κ2) is 5.80. The number of benzene rings is 2. The molecule has 0 fully saturated rings. The van der Waals surface area contributed by atoms with Crippen molar-refractivity contribution >= 4 is 29.2 Å². The van der Waals surface area contributed by atoms with Crippen molar-refractivity contribution in [2.24, 2.45) is 0 Å². The van der Waals surface area contributed by atoms with E-state index in [1.54, 1.807) is 0 Å². The second-order valence-corrected chi connectivity index (χ2v) is 4.55. The van der Waals surface area contributed by atoms with Gasteiger partial charge in [0.2, 0.25) is 0 Å². The predicted octanol–water partition coefficient (Wildman–Crippen LogP) is 3.14. The quantitative estimate of drug-likeness (QED) is 0.813. The molecule has 0 unspecified atom stereocenters. The summed E-state index contributed by atoms with van der Waals surface area (Å²) in [6.07, 6.45) is 0. The lowest BCUT2D eigenvalue weighted by atomic mass is 10.1. The first kappa shape index (κ1) is 14.8. The lowest BCUT2D eigenvalue weighted by Gasteiger charge is -2.10. The maximum atomic E-state index is 12.9. The third-order valence-corrected chi connectivity index (χ3v) is 2.90. The van der Waals surface area contributed by atoms with E-state index in [1.165, 1.54) is 18.2 Å². The predicted molar refractivity (Wildman–Crippen MR) is 74.4 cm³/mol. The SMILES string of the molecule is O=C(Nc1ccc(Cl)cc1C(=O)O)c1ccc(F)cc1O. The van der Waals surface area contributed by atoms with Crippen molar-refractivity contribution < 1.29 is 24.2 Å². The molecule has 3 N–H and O–H groups in total. The highest BCUT2D eigenvalue weighted by atomic mass is 35.5. The van der Waals surface area contributed by atoms with Crippen molar-refractivity contribution in [3.05, 3.63) is 58.4 Å². The molecule has 0 aromatic heterocycles. The number of phenols is 1. The van der Waals surface area contributed by atoms with Crippen LogP contribution in [0, 0.1) is 5.82 Å². The normalized spacial score (nSPS) is 10.2. The van der Waals surface area contributed by atoms with Crippen molar-refractivity contribution in [1.82, 2.24) is 0 Å². The Kier molecular flexibility index (Phi) is 4.09. The minimum atomic E-state index is -1.27. The average molecular weight is 310 g/mol. The first-order valence-corrected chi connectivity index (χ1v) is 6.09. The fourth-order valence-electron chi connectivity index (χ4n) is 1.69. The molecule has 0 bridgehead atoms. The van der Waals surface area contributed by atoms with Crippen LogP contribution < -0.4 is 5.32 Å². The van der Waals surface area contributed by atoms with Gasteiger partial charge in [-0.1, -0.05) is 11.6 Å². The summed E-state index contributed by atoms with van der Waals surface area (Å²) in [5, 5.41) is 21.1. The van der Waals surface area contributed by atoms with E-state index in [0.717, 1.165) is 18.2 Å². The Morgan fingerprint density at radius 3 is 2.43 bits per heavy atom. The van der Waals surface area contributed by atoms with Gasteiger partial charge in [-0.15, -0.1) is 0 Å². The fraction of sp³-hybridized carbons (Fsp3) is 0. The van der Waals surface area contributed by atoms with E-state index >= 15 is 0 Å². The van der Waals surface area contributed by atoms with Gasteiger partial charge >= 0.3 is 5.97 Å². The van der Waals surface area contributed by atoms with Crippen LogP contribution in [0.2, 0.25) is 5.02 Å². The van der Waals surface area contributed by atoms with Gasteiger partial charge in [0.1, 0.15) is 11.6 Å². The van der Waals surface area contributed by atoms with Crippen molar-refractivity contribution in [2.45, 2.75) is 0 Å². The molecule has 0 spiro atoms. The number of anilines is 1. The number of halogens is 2. The summed E-state index contributed by atoms with van der Waals surface area (Å²) in [5.74, 6) is -3.27. The van der Waals surface area contributed by atoms with Gasteiger partial charge in [-0.3, -0.25) is 4.79 Å². The molecule has 2 rings (SSSR count). The van der Waals surface area contributed by atoms with Gasteiger partial charge in [-0.25, -0.2) is 9.18 Å². The number of carbonyl (C=O) groups is 2. The van der Waals surface area contributed by atoms with Crippen LogP contribution in [0.1, 0.15) is 20.7 Å². The lowest BCUT2D eigenvalue weighted by Crippen LogP contribution is -2.15. The van der Waals surface area contributed by atoms with Crippen LogP contribution in [0.25, 0.3) is 0 Å². The summed E-state index contributed by atoms with van der Waals surface area (Å²) in [6.45, 7) is 0. The van der Waals surface area contributed by atoms with E-state index in [-0.39, 0.29) is 21.8 Å². The number of carbonyl (C=O) groups excluding carboxylic acids is 1. The van der Waals surface area contributed by atoms with E-state index in [4.69, 9.17) is 16.7 Å². The first-order chi connectivity index (χ1) is 9.88. The molecule has 0 aliphatic rings. The third-order valence-electron chi connectivity index (χ3n) is 2.66. The Morgan fingerprint density at radius 1 is 1.10 bits per heavy atom. The lowest BCUT2D eigenvalue weighted by molar-refractivity contribution is 0.0698. The van der Waals surface area contributed by atoms with Crippen molar-refractivity contribution in [3.63, 3.8) is 0 Å². The Balaban J connectivity index is 2.34. The number of hydrogen-bond donors (Lipinski definition) is 3. The maximum absolute atomic E-state index is 12.9. The number of phenolic OH excluding ortho intramolecular Hbond substituents is 1. The summed E-state index contributed by atoms with van der Waals surface area (Å²) in [7, 11) is 0. The molecule has 21 heavy (non-hydrogen) atoms. The van der Waals surface area contributed by atoms with E-state index in [1.807, 2.05) is 0 Å². The van der Waals surface area contributed by atoms with Crippen LogP contribution in [-0.2, 0) is 0 Å². The largest absolute Gasteiger partial charge is 0.507 e. The van der Waals surface area contributed by atoms with E-state index < -0.39 is 23.4 Å². The fourth-order valence-corrected chi connectivity index (χ4v) is 1.86. The molecule has 0 aliphatic carbocycles. The highest BCUT2D eigenvalue weighted by Crippen LogP contribution is 2.23. The number of nitrogens with one attached hydrogen (secondary N) is 1. The molecule has 0 saturated carbocycles. The summed E-state index contributed by atoms with van der Waals surface area (Å²) < 4.78 is 12.9. The zero-order valence-electron chi connectivity index (χ0n) is 10.4. The molecule has 1 amide bonds. The summed E-state index contributed by atoms with van der Waals surface area (Å²) >= 11 is 5.70. The number of amides is 1. The number of carboxylic acid groups (broad SMARTS) is 1. The van der Waals surface area contributed by atoms with Gasteiger partial charge in [-0.05, 0) is 30.3 Å². The van der Waals surface area contributed by atoms with Gasteiger partial charge in [0.15, 0.2) is 0 Å². The van der Waals surface area contributed by atoms with E-state index in [9.17, 15) is 19.1 Å². The van der Waals surface area contributed by atoms with Crippen LogP contribution >= 0.6 is 11.6 Å². The molecule has 0 aliphatic heterocycles. The van der Waals surface area contributed by atoms with Crippen LogP contribution in [0.4, 0.5) is 10.1 Å². The molecule has 7 heteroatoms. The van der Waals surface area contributed by atoms with Crippen LogP contribution in [0.3, 0.4) is 0 Å². The van der Waals surface area contributed by atoms with Crippen molar-refractivity contribution in [2.75, 3.05) is 5.32 Å². The molecule has 0 heterocycles. The number of aromatic carboxylic acids is 1. The van der Waals surface area contributed by atoms with E-state index in [2.05, 4.69) is 5.32 Å². The Morgan fingerprint density at radius 2 is 1.81 bits per heavy atom. The molecule has 0 saturated heterocycles. The molecule has 2 aromatic carbocycles. The number of hydrogen-bond acceptors (Lipinski definition) is 3. The first-order valence-electron chi connectivity index (χ1n) is 5.71. The Hall–Kier alpha value is -2.60. The number of carboxylic acids is 1. The van der Waals surface area contributed by atoms with Crippen molar-refractivity contribution in [1.29, 1.82) is 0 Å². The van der Waals surface area contributed by atoms with Gasteiger partial charge < -0.3 is 15.5 Å². The van der Waals surface area contributed by atoms with Gasteiger partial charge in [0.25, 0.3) is 5.91 Å². The monoisotopic (exact) mass is 309 g/mol. The Labute approximate surface area is 123 Å². The second-order valence-electron chi connectivity index (χ2n) is 4.11. The van der Waals surface area contributed by atoms with Crippen LogP contribution in [0.5, 0.6) is 5.75 Å². The minimum absolute atomic E-state index is 0.0145. The Bertz CT molecular complexity index is 733. The van der Waals surface area contributed by atoms with Crippen LogP contribution in [-0.4, -0.2) is 22.1 Å². The molecule has 108 valence electrons. The maximum Gasteiger partial charge on any atom is 0.337 e. The highest BCUT2D eigenvalue weighted by Gasteiger charge is 2.16. The topological polar surface area (TPSA) is 86.6 Å². The summed E-state index contributed by atoms with van der Waals surface area (Å²) in [6, 6.07) is 6.81. The van der Waals surface area contributed by atoms with E-state index in [0.29, 0.717) is 0 Å². The molecular weight excluding hydrogens is 301 g/mol. The minimum Gasteiger partial charge on any atom is -0.507 e. The molecule has 0 radical (unpaired) electrons. The third kappa shape index (κ3) is 3.29. The van der Waals surface area contributed by atoms with Crippen molar-refractivity contribution in [3.8, 4) is 5.75 Å². The average Bonchev–Trinajstić information content (AvgIpc) is 2.40. The van der Waals surface area contributed by atoms with Gasteiger partial charge in [0.05, 0.1) is 16.8 Å². The number of aromatic hydroxyl groups is 1. The zero-order chi connectivity index (χ0) is 15.6. The summed E-state index contributed by atoms with van der Waals surface area (Å²) in [4.78, 5) is 23.1. The number of rotatable bonds is 3. The molecule has 0 atom stereocenters. The zero-order valence-corrected chi connectivity index (χ0v) is 11.2. The smallest absolute Gasteiger partial charge is 0.337 e.